The molecule has 2 aromatic rings. The highest BCUT2D eigenvalue weighted by Gasteiger charge is 2.06. The van der Waals surface area contributed by atoms with Crippen molar-refractivity contribution in [2.24, 2.45) is 0 Å². The van der Waals surface area contributed by atoms with Gasteiger partial charge in [0.2, 0.25) is 0 Å². The first-order chi connectivity index (χ1) is 9.38. The number of aryl methyl sites for hydroxylation is 1. The Morgan fingerprint density at radius 2 is 1.75 bits per heavy atom. The second kappa shape index (κ2) is 5.54. The van der Waals surface area contributed by atoms with Crippen molar-refractivity contribution in [3.8, 4) is 0 Å². The van der Waals surface area contributed by atoms with Crippen LogP contribution in [0.1, 0.15) is 11.1 Å². The number of hydrogen-bond donors (Lipinski definition) is 2. The Balaban J connectivity index is 2.10. The van der Waals surface area contributed by atoms with Gasteiger partial charge in [0.15, 0.2) is 9.84 Å². The minimum atomic E-state index is -3.14. The third kappa shape index (κ3) is 3.30. The zero-order valence-electron chi connectivity index (χ0n) is 11.6. The van der Waals surface area contributed by atoms with E-state index in [1.165, 1.54) is 6.26 Å². The zero-order valence-corrected chi connectivity index (χ0v) is 12.4. The molecule has 106 valence electrons. The fourth-order valence-corrected chi connectivity index (χ4v) is 2.52. The first kappa shape index (κ1) is 14.4. The van der Waals surface area contributed by atoms with Crippen LogP contribution in [0.25, 0.3) is 0 Å². The molecule has 4 nitrogen and oxygen atoms in total. The van der Waals surface area contributed by atoms with Gasteiger partial charge in [-0.2, -0.15) is 0 Å². The number of nitrogens with two attached hydrogens (primary N) is 1. The van der Waals surface area contributed by atoms with Crippen LogP contribution in [-0.2, 0) is 16.4 Å². The number of nitrogen functional groups attached to an aromatic ring is 1. The molecule has 0 bridgehead atoms. The number of para-hydroxylation sites is 1. The maximum absolute atomic E-state index is 11.4. The molecule has 0 saturated heterocycles. The van der Waals surface area contributed by atoms with Crippen LogP contribution < -0.4 is 11.1 Å². The minimum Gasteiger partial charge on any atom is -0.397 e. The molecule has 0 spiro atoms. The van der Waals surface area contributed by atoms with Crippen molar-refractivity contribution < 1.29 is 8.42 Å². The van der Waals surface area contributed by atoms with Gasteiger partial charge in [-0.15, -0.1) is 0 Å². The number of rotatable bonds is 4. The van der Waals surface area contributed by atoms with Crippen LogP contribution in [0.2, 0.25) is 0 Å². The van der Waals surface area contributed by atoms with E-state index >= 15 is 0 Å². The average molecular weight is 290 g/mol. The second-order valence-corrected chi connectivity index (χ2v) is 6.82. The van der Waals surface area contributed by atoms with E-state index in [-0.39, 0.29) is 0 Å². The first-order valence-corrected chi connectivity index (χ1v) is 8.15. The Morgan fingerprint density at radius 1 is 1.10 bits per heavy atom. The summed E-state index contributed by atoms with van der Waals surface area (Å²) in [7, 11) is -3.14. The molecule has 0 unspecified atom stereocenters. The van der Waals surface area contributed by atoms with Crippen molar-refractivity contribution in [3.63, 3.8) is 0 Å². The van der Waals surface area contributed by atoms with Crippen molar-refractivity contribution in [1.82, 2.24) is 0 Å². The van der Waals surface area contributed by atoms with E-state index in [4.69, 9.17) is 5.73 Å². The molecule has 0 atom stereocenters. The van der Waals surface area contributed by atoms with Crippen LogP contribution in [0.3, 0.4) is 0 Å². The van der Waals surface area contributed by atoms with E-state index in [0.717, 1.165) is 22.5 Å². The summed E-state index contributed by atoms with van der Waals surface area (Å²) in [5, 5.41) is 3.25. The molecule has 3 N–H and O–H groups in total. The first-order valence-electron chi connectivity index (χ1n) is 6.26. The largest absolute Gasteiger partial charge is 0.397 e. The van der Waals surface area contributed by atoms with Gasteiger partial charge in [0.25, 0.3) is 0 Å². The second-order valence-electron chi connectivity index (χ2n) is 4.81. The number of benzene rings is 2. The highest BCUT2D eigenvalue weighted by Crippen LogP contribution is 2.22. The van der Waals surface area contributed by atoms with Crippen molar-refractivity contribution >= 4 is 21.2 Å². The predicted octanol–water partition coefficient (Wildman–Crippen LogP) is 2.59. The molecule has 0 aliphatic carbocycles. The molecule has 0 amide bonds. The number of sulfone groups is 1. The summed E-state index contributed by atoms with van der Waals surface area (Å²) in [5.74, 6) is 0. The lowest BCUT2D eigenvalue weighted by molar-refractivity contribution is 0.602. The van der Waals surface area contributed by atoms with Crippen LogP contribution in [0, 0.1) is 6.92 Å². The fourth-order valence-electron chi connectivity index (χ4n) is 1.89. The molecule has 2 rings (SSSR count). The van der Waals surface area contributed by atoms with Gasteiger partial charge in [-0.25, -0.2) is 8.42 Å². The summed E-state index contributed by atoms with van der Waals surface area (Å²) in [6.45, 7) is 2.55. The molecule has 0 saturated carbocycles. The van der Waals surface area contributed by atoms with Gasteiger partial charge in [-0.3, -0.25) is 0 Å². The van der Waals surface area contributed by atoms with Gasteiger partial charge in [-0.1, -0.05) is 24.3 Å². The number of nitrogens with one attached hydrogen (secondary N) is 1. The highest BCUT2D eigenvalue weighted by molar-refractivity contribution is 7.90. The van der Waals surface area contributed by atoms with Gasteiger partial charge < -0.3 is 11.1 Å². The Morgan fingerprint density at radius 3 is 2.35 bits per heavy atom. The lowest BCUT2D eigenvalue weighted by Gasteiger charge is -2.11. The summed E-state index contributed by atoms with van der Waals surface area (Å²) < 4.78 is 22.7. The van der Waals surface area contributed by atoms with Gasteiger partial charge >= 0.3 is 0 Å². The molecule has 0 radical (unpaired) electrons. The molecule has 0 aliphatic rings. The fraction of sp³-hybridized carbons (Fsp3) is 0.200. The van der Waals surface area contributed by atoms with Crippen molar-refractivity contribution in [2.45, 2.75) is 18.4 Å². The highest BCUT2D eigenvalue weighted by atomic mass is 32.2. The molecule has 2 aromatic carbocycles. The monoisotopic (exact) mass is 290 g/mol. The molecule has 0 aromatic heterocycles. The Kier molecular flexibility index (Phi) is 3.99. The number of anilines is 2. The molecule has 0 heterocycles. The molecule has 0 fully saturated rings. The van der Waals surface area contributed by atoms with E-state index in [1.54, 1.807) is 24.3 Å². The molecular weight excluding hydrogens is 272 g/mol. The quantitative estimate of drug-likeness (QED) is 0.849. The lowest BCUT2D eigenvalue weighted by atomic mass is 10.1. The maximum Gasteiger partial charge on any atom is 0.175 e. The third-order valence-corrected chi connectivity index (χ3v) is 4.29. The topological polar surface area (TPSA) is 72.2 Å². The summed E-state index contributed by atoms with van der Waals surface area (Å²) in [5.41, 5.74) is 9.64. The van der Waals surface area contributed by atoms with E-state index in [1.807, 2.05) is 25.1 Å². The van der Waals surface area contributed by atoms with Gasteiger partial charge in [-0.05, 0) is 36.2 Å². The normalized spacial score (nSPS) is 11.3. The summed E-state index contributed by atoms with van der Waals surface area (Å²) in [6.07, 6.45) is 1.20. The minimum absolute atomic E-state index is 0.330. The van der Waals surface area contributed by atoms with E-state index < -0.39 is 9.84 Å². The van der Waals surface area contributed by atoms with E-state index in [2.05, 4.69) is 5.32 Å². The summed E-state index contributed by atoms with van der Waals surface area (Å²) in [4.78, 5) is 0.330. The Bertz CT molecular complexity index is 707. The standard InChI is InChI=1S/C15H18N2O2S/c1-11-4-3-5-14(15(11)16)17-10-12-6-8-13(9-7-12)20(2,18)19/h3-9,17H,10,16H2,1-2H3. The average Bonchev–Trinajstić information content (AvgIpc) is 2.40. The summed E-state index contributed by atoms with van der Waals surface area (Å²) >= 11 is 0. The van der Waals surface area contributed by atoms with Gasteiger partial charge in [0, 0.05) is 12.8 Å². The Labute approximate surface area is 119 Å². The van der Waals surface area contributed by atoms with Crippen LogP contribution in [0.5, 0.6) is 0 Å². The lowest BCUT2D eigenvalue weighted by Crippen LogP contribution is -2.04. The van der Waals surface area contributed by atoms with Crippen molar-refractivity contribution in [3.05, 3.63) is 53.6 Å². The van der Waals surface area contributed by atoms with Crippen molar-refractivity contribution in [2.75, 3.05) is 17.3 Å². The molecule has 0 aliphatic heterocycles. The van der Waals surface area contributed by atoms with Crippen LogP contribution >= 0.6 is 0 Å². The zero-order chi connectivity index (χ0) is 14.8. The van der Waals surface area contributed by atoms with E-state index in [9.17, 15) is 8.42 Å². The predicted molar refractivity (Wildman–Crippen MR) is 82.5 cm³/mol. The molecular formula is C15H18N2O2S. The summed E-state index contributed by atoms with van der Waals surface area (Å²) in [6, 6.07) is 12.7. The van der Waals surface area contributed by atoms with Gasteiger partial charge in [0.1, 0.15) is 0 Å². The Hall–Kier alpha value is -2.01. The van der Waals surface area contributed by atoms with Crippen LogP contribution in [0.15, 0.2) is 47.4 Å². The molecule has 20 heavy (non-hydrogen) atoms. The number of hydrogen-bond acceptors (Lipinski definition) is 4. The maximum atomic E-state index is 11.4. The van der Waals surface area contributed by atoms with Gasteiger partial charge in [0.05, 0.1) is 16.3 Å². The van der Waals surface area contributed by atoms with Crippen LogP contribution in [-0.4, -0.2) is 14.7 Å². The van der Waals surface area contributed by atoms with Crippen LogP contribution in [0.4, 0.5) is 11.4 Å². The third-order valence-electron chi connectivity index (χ3n) is 3.16. The SMILES string of the molecule is Cc1cccc(NCc2ccc(S(C)(=O)=O)cc2)c1N. The smallest absolute Gasteiger partial charge is 0.175 e. The molecule has 5 heteroatoms. The van der Waals surface area contributed by atoms with Crippen molar-refractivity contribution in [1.29, 1.82) is 0 Å². The van der Waals surface area contributed by atoms with E-state index in [0.29, 0.717) is 11.4 Å².